The SMILES string of the molecule is Nc1cccc(CCC(=O)N2CCNC(=O)CC2)c1. The number of nitrogens with zero attached hydrogens (tertiary/aromatic N) is 1. The van der Waals surface area contributed by atoms with Gasteiger partial charge in [-0.2, -0.15) is 0 Å². The topological polar surface area (TPSA) is 75.4 Å². The van der Waals surface area contributed by atoms with Crippen LogP contribution in [0.3, 0.4) is 0 Å². The van der Waals surface area contributed by atoms with Crippen molar-refractivity contribution in [2.45, 2.75) is 19.3 Å². The molecule has 1 aromatic carbocycles. The maximum atomic E-state index is 12.1. The summed E-state index contributed by atoms with van der Waals surface area (Å²) in [6, 6.07) is 7.58. The largest absolute Gasteiger partial charge is 0.399 e. The Morgan fingerprint density at radius 3 is 3.00 bits per heavy atom. The minimum Gasteiger partial charge on any atom is -0.399 e. The first-order valence-electron chi connectivity index (χ1n) is 6.54. The molecule has 0 saturated carbocycles. The molecule has 19 heavy (non-hydrogen) atoms. The van der Waals surface area contributed by atoms with E-state index in [0.29, 0.717) is 38.9 Å². The van der Waals surface area contributed by atoms with Crippen LogP contribution in [0.2, 0.25) is 0 Å². The summed E-state index contributed by atoms with van der Waals surface area (Å²) in [4.78, 5) is 25.0. The quantitative estimate of drug-likeness (QED) is 0.780. The predicted octanol–water partition coefficient (Wildman–Crippen LogP) is 0.550. The zero-order valence-corrected chi connectivity index (χ0v) is 10.9. The molecule has 1 aliphatic rings. The predicted molar refractivity (Wildman–Crippen MR) is 73.4 cm³/mol. The van der Waals surface area contributed by atoms with Gasteiger partial charge in [0.2, 0.25) is 11.8 Å². The molecule has 3 N–H and O–H groups in total. The highest BCUT2D eigenvalue weighted by molar-refractivity contribution is 5.80. The second-order valence-corrected chi connectivity index (χ2v) is 4.73. The second-order valence-electron chi connectivity index (χ2n) is 4.73. The van der Waals surface area contributed by atoms with Gasteiger partial charge in [-0.3, -0.25) is 9.59 Å². The molecule has 5 nitrogen and oxygen atoms in total. The normalized spacial score (nSPS) is 15.8. The lowest BCUT2D eigenvalue weighted by molar-refractivity contribution is -0.131. The zero-order chi connectivity index (χ0) is 13.7. The zero-order valence-electron chi connectivity index (χ0n) is 10.9. The lowest BCUT2D eigenvalue weighted by Gasteiger charge is -2.19. The first-order valence-corrected chi connectivity index (χ1v) is 6.54. The molecular weight excluding hydrogens is 242 g/mol. The van der Waals surface area contributed by atoms with Crippen molar-refractivity contribution >= 4 is 17.5 Å². The van der Waals surface area contributed by atoms with Gasteiger partial charge < -0.3 is 16.0 Å². The Hall–Kier alpha value is -2.04. The van der Waals surface area contributed by atoms with Crippen LogP contribution in [0.1, 0.15) is 18.4 Å². The van der Waals surface area contributed by atoms with Gasteiger partial charge in [-0.25, -0.2) is 0 Å². The molecule has 1 saturated heterocycles. The molecule has 1 aromatic rings. The number of aryl methyl sites for hydroxylation is 1. The van der Waals surface area contributed by atoms with Gasteiger partial charge >= 0.3 is 0 Å². The number of carbonyl (C=O) groups is 2. The van der Waals surface area contributed by atoms with E-state index >= 15 is 0 Å². The Kier molecular flexibility index (Phi) is 4.39. The van der Waals surface area contributed by atoms with Gasteiger partial charge in [0.1, 0.15) is 0 Å². The number of amides is 2. The maximum Gasteiger partial charge on any atom is 0.222 e. The monoisotopic (exact) mass is 261 g/mol. The van der Waals surface area contributed by atoms with E-state index in [2.05, 4.69) is 5.32 Å². The maximum absolute atomic E-state index is 12.1. The smallest absolute Gasteiger partial charge is 0.222 e. The highest BCUT2D eigenvalue weighted by atomic mass is 16.2. The van der Waals surface area contributed by atoms with E-state index in [4.69, 9.17) is 5.73 Å². The summed E-state index contributed by atoms with van der Waals surface area (Å²) >= 11 is 0. The average Bonchev–Trinajstić information content (AvgIpc) is 2.61. The number of rotatable bonds is 3. The van der Waals surface area contributed by atoms with Gasteiger partial charge in [-0.15, -0.1) is 0 Å². The Morgan fingerprint density at radius 1 is 1.37 bits per heavy atom. The number of hydrogen-bond acceptors (Lipinski definition) is 3. The highest BCUT2D eigenvalue weighted by Gasteiger charge is 2.17. The van der Waals surface area contributed by atoms with E-state index in [-0.39, 0.29) is 11.8 Å². The summed E-state index contributed by atoms with van der Waals surface area (Å²) in [6.45, 7) is 1.66. The van der Waals surface area contributed by atoms with Crippen molar-refractivity contribution in [1.29, 1.82) is 0 Å². The lowest BCUT2D eigenvalue weighted by atomic mass is 10.1. The van der Waals surface area contributed by atoms with E-state index < -0.39 is 0 Å². The third-order valence-corrected chi connectivity index (χ3v) is 3.24. The molecule has 0 spiro atoms. The summed E-state index contributed by atoms with van der Waals surface area (Å²) < 4.78 is 0. The summed E-state index contributed by atoms with van der Waals surface area (Å²) in [5, 5.41) is 2.76. The number of nitrogens with one attached hydrogen (secondary N) is 1. The van der Waals surface area contributed by atoms with Gasteiger partial charge in [0.05, 0.1) is 0 Å². The molecule has 5 heteroatoms. The number of nitrogen functional groups attached to an aromatic ring is 1. The van der Waals surface area contributed by atoms with Crippen molar-refractivity contribution in [3.05, 3.63) is 29.8 Å². The molecule has 0 radical (unpaired) electrons. The minimum absolute atomic E-state index is 0.0196. The number of benzene rings is 1. The highest BCUT2D eigenvalue weighted by Crippen LogP contribution is 2.10. The van der Waals surface area contributed by atoms with Gasteiger partial charge in [0.25, 0.3) is 0 Å². The van der Waals surface area contributed by atoms with E-state index in [0.717, 1.165) is 11.3 Å². The summed E-state index contributed by atoms with van der Waals surface area (Å²) in [6.07, 6.45) is 1.53. The number of nitrogens with two attached hydrogens (primary N) is 1. The summed E-state index contributed by atoms with van der Waals surface area (Å²) in [7, 11) is 0. The van der Waals surface area contributed by atoms with Gasteiger partial charge in [0.15, 0.2) is 0 Å². The van der Waals surface area contributed by atoms with Crippen molar-refractivity contribution in [1.82, 2.24) is 10.2 Å². The van der Waals surface area contributed by atoms with Crippen LogP contribution >= 0.6 is 0 Å². The van der Waals surface area contributed by atoms with Crippen molar-refractivity contribution in [2.24, 2.45) is 0 Å². The fourth-order valence-electron chi connectivity index (χ4n) is 2.17. The number of anilines is 1. The van der Waals surface area contributed by atoms with E-state index in [1.165, 1.54) is 0 Å². The van der Waals surface area contributed by atoms with Crippen molar-refractivity contribution in [2.75, 3.05) is 25.4 Å². The van der Waals surface area contributed by atoms with Gasteiger partial charge in [-0.1, -0.05) is 12.1 Å². The Morgan fingerprint density at radius 2 is 2.21 bits per heavy atom. The molecule has 0 bridgehead atoms. The average molecular weight is 261 g/mol. The molecule has 1 aliphatic heterocycles. The van der Waals surface area contributed by atoms with Crippen LogP contribution in [-0.2, 0) is 16.0 Å². The molecule has 0 aromatic heterocycles. The molecule has 2 amide bonds. The third kappa shape index (κ3) is 3.98. The summed E-state index contributed by atoms with van der Waals surface area (Å²) in [5.74, 6) is 0.116. The molecule has 1 heterocycles. The molecule has 1 fully saturated rings. The summed E-state index contributed by atoms with van der Waals surface area (Å²) in [5.41, 5.74) is 7.49. The number of carbonyl (C=O) groups excluding carboxylic acids is 2. The standard InChI is InChI=1S/C14H19N3O2/c15-12-3-1-2-11(10-12)4-5-14(19)17-8-6-13(18)16-7-9-17/h1-3,10H,4-9,15H2,(H,16,18). The molecule has 0 atom stereocenters. The van der Waals surface area contributed by atoms with Crippen molar-refractivity contribution in [3.63, 3.8) is 0 Å². The lowest BCUT2D eigenvalue weighted by Crippen LogP contribution is -2.34. The van der Waals surface area contributed by atoms with Crippen molar-refractivity contribution in [3.8, 4) is 0 Å². The first kappa shape index (κ1) is 13.4. The van der Waals surface area contributed by atoms with Gasteiger partial charge in [-0.05, 0) is 24.1 Å². The van der Waals surface area contributed by atoms with Crippen LogP contribution in [-0.4, -0.2) is 36.3 Å². The molecule has 102 valence electrons. The Labute approximate surface area is 112 Å². The van der Waals surface area contributed by atoms with Crippen LogP contribution < -0.4 is 11.1 Å². The van der Waals surface area contributed by atoms with Crippen LogP contribution in [0.5, 0.6) is 0 Å². The minimum atomic E-state index is 0.0196. The Bertz CT molecular complexity index is 474. The van der Waals surface area contributed by atoms with E-state index in [9.17, 15) is 9.59 Å². The van der Waals surface area contributed by atoms with E-state index in [1.54, 1.807) is 4.90 Å². The first-order chi connectivity index (χ1) is 9.15. The fraction of sp³-hybridized carbons (Fsp3) is 0.429. The molecule has 2 rings (SSSR count). The van der Waals surface area contributed by atoms with Gasteiger partial charge in [0, 0.05) is 38.2 Å². The van der Waals surface area contributed by atoms with E-state index in [1.807, 2.05) is 24.3 Å². The van der Waals surface area contributed by atoms with Crippen LogP contribution in [0.15, 0.2) is 24.3 Å². The second kappa shape index (κ2) is 6.22. The third-order valence-electron chi connectivity index (χ3n) is 3.24. The Balaban J connectivity index is 1.85. The van der Waals surface area contributed by atoms with Crippen LogP contribution in [0.25, 0.3) is 0 Å². The molecule has 0 unspecified atom stereocenters. The molecular formula is C14H19N3O2. The van der Waals surface area contributed by atoms with Crippen LogP contribution in [0.4, 0.5) is 5.69 Å². The molecule has 0 aliphatic carbocycles. The van der Waals surface area contributed by atoms with Crippen molar-refractivity contribution < 1.29 is 9.59 Å². The number of hydrogen-bond donors (Lipinski definition) is 2. The van der Waals surface area contributed by atoms with Crippen LogP contribution in [0, 0.1) is 0 Å². The fourth-order valence-corrected chi connectivity index (χ4v) is 2.17.